The number of para-hydroxylation sites is 1. The van der Waals surface area contributed by atoms with Gasteiger partial charge in [-0.3, -0.25) is 4.79 Å². The second kappa shape index (κ2) is 8.20. The zero-order valence-electron chi connectivity index (χ0n) is 15.7. The van der Waals surface area contributed by atoms with Crippen LogP contribution in [0, 0.1) is 0 Å². The zero-order valence-corrected chi connectivity index (χ0v) is 17.3. The Morgan fingerprint density at radius 1 is 1.03 bits per heavy atom. The number of aromatic nitrogens is 2. The summed E-state index contributed by atoms with van der Waals surface area (Å²) in [7, 11) is 0. The first kappa shape index (κ1) is 21.1. The van der Waals surface area contributed by atoms with Crippen LogP contribution in [0.3, 0.4) is 0 Å². The van der Waals surface area contributed by atoms with Crippen molar-refractivity contribution in [2.24, 2.45) is 0 Å². The van der Waals surface area contributed by atoms with Crippen molar-refractivity contribution in [1.29, 1.82) is 0 Å². The van der Waals surface area contributed by atoms with Crippen molar-refractivity contribution in [1.82, 2.24) is 9.78 Å². The summed E-state index contributed by atoms with van der Waals surface area (Å²) >= 11 is 7.52. The van der Waals surface area contributed by atoms with Crippen LogP contribution in [0.25, 0.3) is 26.7 Å². The van der Waals surface area contributed by atoms with Gasteiger partial charge >= 0.3 is 12.1 Å². The van der Waals surface area contributed by atoms with Gasteiger partial charge in [-0.05, 0) is 41.5 Å². The third kappa shape index (κ3) is 4.50. The van der Waals surface area contributed by atoms with Crippen LogP contribution in [0.1, 0.15) is 11.3 Å². The van der Waals surface area contributed by atoms with E-state index in [2.05, 4.69) is 5.10 Å². The van der Waals surface area contributed by atoms with E-state index < -0.39 is 17.8 Å². The van der Waals surface area contributed by atoms with Crippen molar-refractivity contribution in [2.45, 2.75) is 12.6 Å². The van der Waals surface area contributed by atoms with E-state index in [0.29, 0.717) is 16.1 Å². The van der Waals surface area contributed by atoms with Crippen molar-refractivity contribution in [3.8, 4) is 26.7 Å². The molecule has 2 heterocycles. The monoisotopic (exact) mass is 462 g/mol. The van der Waals surface area contributed by atoms with E-state index >= 15 is 0 Å². The maximum atomic E-state index is 13.4. The number of hydrogen-bond donors (Lipinski definition) is 1. The van der Waals surface area contributed by atoms with Gasteiger partial charge in [0.1, 0.15) is 0 Å². The summed E-state index contributed by atoms with van der Waals surface area (Å²) in [6.45, 7) is 0. The molecule has 4 rings (SSSR count). The van der Waals surface area contributed by atoms with Gasteiger partial charge in [0.2, 0.25) is 0 Å². The van der Waals surface area contributed by atoms with E-state index in [1.54, 1.807) is 54.6 Å². The van der Waals surface area contributed by atoms with E-state index in [0.717, 1.165) is 16.5 Å². The molecule has 0 unspecified atom stereocenters. The highest BCUT2D eigenvalue weighted by molar-refractivity contribution is 7.18. The van der Waals surface area contributed by atoms with E-state index in [4.69, 9.17) is 16.7 Å². The zero-order chi connectivity index (χ0) is 22.2. The molecule has 0 aliphatic carbocycles. The van der Waals surface area contributed by atoms with Gasteiger partial charge in [0, 0.05) is 4.88 Å². The Bertz CT molecular complexity index is 1250. The number of alkyl halides is 3. The molecule has 0 amide bonds. The number of carboxylic acids is 1. The molecule has 9 heteroatoms. The minimum atomic E-state index is -4.60. The smallest absolute Gasteiger partial charge is 0.435 e. The third-order valence-corrected chi connectivity index (χ3v) is 6.01. The average molecular weight is 463 g/mol. The fourth-order valence-electron chi connectivity index (χ4n) is 3.09. The molecule has 31 heavy (non-hydrogen) atoms. The molecule has 0 spiro atoms. The summed E-state index contributed by atoms with van der Waals surface area (Å²) in [5.41, 5.74) is 1.13. The maximum Gasteiger partial charge on any atom is 0.435 e. The summed E-state index contributed by atoms with van der Waals surface area (Å²) in [5, 5.41) is 12.9. The lowest BCUT2D eigenvalue weighted by molar-refractivity contribution is -0.141. The molecule has 0 aliphatic rings. The number of rotatable bonds is 5. The summed E-state index contributed by atoms with van der Waals surface area (Å²) in [5.74, 6) is -0.917. The van der Waals surface area contributed by atoms with Crippen molar-refractivity contribution in [2.75, 3.05) is 0 Å². The number of hydrogen-bond acceptors (Lipinski definition) is 3. The molecule has 2 aromatic carbocycles. The molecule has 0 radical (unpaired) electrons. The second-order valence-electron chi connectivity index (χ2n) is 6.71. The molecule has 0 fully saturated rings. The van der Waals surface area contributed by atoms with E-state index in [9.17, 15) is 18.0 Å². The van der Waals surface area contributed by atoms with Crippen LogP contribution >= 0.6 is 22.9 Å². The minimum absolute atomic E-state index is 0.0762. The first-order valence-electron chi connectivity index (χ1n) is 9.06. The lowest BCUT2D eigenvalue weighted by Crippen LogP contribution is -2.07. The summed E-state index contributed by atoms with van der Waals surface area (Å²) in [4.78, 5) is 12.3. The fraction of sp³-hybridized carbons (Fsp3) is 0.0909. The first-order chi connectivity index (χ1) is 14.7. The Balaban J connectivity index is 1.75. The van der Waals surface area contributed by atoms with Gasteiger partial charge < -0.3 is 5.11 Å². The highest BCUT2D eigenvalue weighted by Gasteiger charge is 2.35. The van der Waals surface area contributed by atoms with Gasteiger partial charge in [0.05, 0.1) is 27.7 Å². The molecule has 0 aliphatic heterocycles. The molecule has 0 saturated heterocycles. The topological polar surface area (TPSA) is 55.1 Å². The van der Waals surface area contributed by atoms with Crippen molar-refractivity contribution in [3.05, 3.63) is 83.0 Å². The summed E-state index contributed by atoms with van der Waals surface area (Å²) in [6.07, 6.45) is -4.67. The van der Waals surface area contributed by atoms with E-state index in [-0.39, 0.29) is 17.1 Å². The SMILES string of the molecule is O=C(O)Cc1ccc(-c2ccc(-c3cc(C(F)(F)F)nn3-c3ccccc3Cl)s2)cc1. The van der Waals surface area contributed by atoms with Crippen LogP contribution in [0.5, 0.6) is 0 Å². The second-order valence-corrected chi connectivity index (χ2v) is 8.20. The molecule has 158 valence electrons. The fourth-order valence-corrected chi connectivity index (χ4v) is 4.32. The number of nitrogens with zero attached hydrogens (tertiary/aromatic N) is 2. The highest BCUT2D eigenvalue weighted by Crippen LogP contribution is 2.39. The average Bonchev–Trinajstić information content (AvgIpc) is 3.35. The van der Waals surface area contributed by atoms with Gasteiger partial charge in [-0.2, -0.15) is 18.3 Å². The van der Waals surface area contributed by atoms with Gasteiger partial charge in [-0.1, -0.05) is 48.0 Å². The summed E-state index contributed by atoms with van der Waals surface area (Å²) < 4.78 is 41.3. The Labute approximate surface area is 184 Å². The van der Waals surface area contributed by atoms with Gasteiger partial charge in [-0.15, -0.1) is 11.3 Å². The van der Waals surface area contributed by atoms with Crippen LogP contribution in [0.4, 0.5) is 13.2 Å². The van der Waals surface area contributed by atoms with Crippen LogP contribution in [0.2, 0.25) is 5.02 Å². The van der Waals surface area contributed by atoms with Gasteiger partial charge in [-0.25, -0.2) is 4.68 Å². The molecule has 1 N–H and O–H groups in total. The molecule has 0 bridgehead atoms. The number of aliphatic carboxylic acids is 1. The number of benzene rings is 2. The van der Waals surface area contributed by atoms with Gasteiger partial charge in [0.15, 0.2) is 5.69 Å². The van der Waals surface area contributed by atoms with Crippen LogP contribution in [-0.2, 0) is 17.4 Å². The first-order valence-corrected chi connectivity index (χ1v) is 10.3. The number of carboxylic acid groups (broad SMARTS) is 1. The van der Waals surface area contributed by atoms with Crippen LogP contribution in [-0.4, -0.2) is 20.9 Å². The lowest BCUT2D eigenvalue weighted by atomic mass is 10.1. The largest absolute Gasteiger partial charge is 0.481 e. The Kier molecular flexibility index (Phi) is 5.60. The van der Waals surface area contributed by atoms with Crippen molar-refractivity contribution >= 4 is 28.9 Å². The normalized spacial score (nSPS) is 11.6. The molecule has 0 atom stereocenters. The van der Waals surface area contributed by atoms with E-state index in [1.165, 1.54) is 16.0 Å². The quantitative estimate of drug-likeness (QED) is 0.365. The molecular formula is C22H14ClF3N2O2S. The predicted molar refractivity (Wildman–Crippen MR) is 114 cm³/mol. The third-order valence-electron chi connectivity index (χ3n) is 4.53. The molecule has 2 aromatic heterocycles. The van der Waals surface area contributed by atoms with E-state index in [1.807, 2.05) is 6.07 Å². The number of carbonyl (C=O) groups is 1. The Morgan fingerprint density at radius 3 is 2.35 bits per heavy atom. The Morgan fingerprint density at radius 2 is 1.71 bits per heavy atom. The lowest BCUT2D eigenvalue weighted by Gasteiger charge is -2.08. The van der Waals surface area contributed by atoms with Crippen LogP contribution in [0.15, 0.2) is 66.7 Å². The minimum Gasteiger partial charge on any atom is -0.481 e. The predicted octanol–water partition coefficient (Wildman–Crippen LogP) is 6.57. The van der Waals surface area contributed by atoms with Crippen molar-refractivity contribution in [3.63, 3.8) is 0 Å². The number of halogens is 4. The standard InChI is InChI=1S/C22H14ClF3N2O2S/c23-15-3-1-2-4-16(15)28-17(12-20(27-28)22(24,25)26)19-10-9-18(31-19)14-7-5-13(6-8-14)11-21(29)30/h1-10,12H,11H2,(H,29,30). The summed E-state index contributed by atoms with van der Waals surface area (Å²) in [6, 6.07) is 18.1. The highest BCUT2D eigenvalue weighted by atomic mass is 35.5. The molecule has 0 saturated carbocycles. The maximum absolute atomic E-state index is 13.4. The van der Waals surface area contributed by atoms with Crippen molar-refractivity contribution < 1.29 is 23.1 Å². The van der Waals surface area contributed by atoms with Crippen LogP contribution < -0.4 is 0 Å². The van der Waals surface area contributed by atoms with Gasteiger partial charge in [0.25, 0.3) is 0 Å². The molecular weight excluding hydrogens is 449 g/mol. The Hall–Kier alpha value is -3.10. The molecule has 4 nitrogen and oxygen atoms in total. The number of thiophene rings is 1. The molecule has 4 aromatic rings.